The number of aryl methyl sites for hydroxylation is 1. The van der Waals surface area contributed by atoms with Gasteiger partial charge < -0.3 is 10.1 Å². The highest BCUT2D eigenvalue weighted by Gasteiger charge is 2.16. The highest BCUT2D eigenvalue weighted by atomic mass is 35.5. The molecule has 100 valence electrons. The number of rotatable bonds is 4. The summed E-state index contributed by atoms with van der Waals surface area (Å²) in [7, 11) is 0. The first-order valence-corrected chi connectivity index (χ1v) is 6.70. The molecule has 1 fully saturated rings. The number of hydrogen-bond donors (Lipinski definition) is 1. The smallest absolute Gasteiger partial charge is 0.287 e. The van der Waals surface area contributed by atoms with Gasteiger partial charge in [0.1, 0.15) is 5.02 Å². The summed E-state index contributed by atoms with van der Waals surface area (Å²) in [6.45, 7) is 4.08. The minimum Gasteiger partial charge on any atom is -0.381 e. The van der Waals surface area contributed by atoms with Crippen molar-refractivity contribution in [2.45, 2.75) is 38.8 Å². The van der Waals surface area contributed by atoms with Gasteiger partial charge in [0.2, 0.25) is 0 Å². The zero-order chi connectivity index (χ0) is 13.0. The molecule has 0 amide bonds. The summed E-state index contributed by atoms with van der Waals surface area (Å²) in [6, 6.07) is 0.305. The molecular weight excluding hydrogens is 254 g/mol. The maximum Gasteiger partial charge on any atom is 0.287 e. The zero-order valence-electron chi connectivity index (χ0n) is 10.5. The average molecular weight is 272 g/mol. The van der Waals surface area contributed by atoms with Gasteiger partial charge in [-0.05, 0) is 19.3 Å². The first-order valence-electron chi connectivity index (χ1n) is 6.32. The molecule has 0 atom stereocenters. The maximum atomic E-state index is 11.9. The van der Waals surface area contributed by atoms with Crippen LogP contribution in [0.3, 0.4) is 0 Å². The van der Waals surface area contributed by atoms with E-state index in [1.165, 1.54) is 4.68 Å². The van der Waals surface area contributed by atoms with Gasteiger partial charge >= 0.3 is 0 Å². The van der Waals surface area contributed by atoms with Gasteiger partial charge in [-0.2, -0.15) is 5.10 Å². The third-order valence-corrected chi connectivity index (χ3v) is 3.37. The standard InChI is InChI=1S/C12H18ClN3O2/c1-2-5-16-12(17)11(13)10(8-14-16)15-9-3-6-18-7-4-9/h8-9,15H,2-7H2,1H3. The van der Waals surface area contributed by atoms with E-state index in [1.807, 2.05) is 6.92 Å². The highest BCUT2D eigenvalue weighted by Crippen LogP contribution is 2.19. The fourth-order valence-corrected chi connectivity index (χ4v) is 2.20. The molecule has 1 aromatic heterocycles. The largest absolute Gasteiger partial charge is 0.381 e. The van der Waals surface area contributed by atoms with Gasteiger partial charge in [-0.3, -0.25) is 4.79 Å². The summed E-state index contributed by atoms with van der Waals surface area (Å²) in [6.07, 6.45) is 4.34. The maximum absolute atomic E-state index is 11.9. The molecule has 2 heterocycles. The molecule has 0 radical (unpaired) electrons. The number of halogens is 1. The Labute approximate surface area is 111 Å². The van der Waals surface area contributed by atoms with Crippen molar-refractivity contribution in [1.29, 1.82) is 0 Å². The Morgan fingerprint density at radius 2 is 2.28 bits per heavy atom. The molecule has 0 bridgehead atoms. The Morgan fingerprint density at radius 3 is 2.94 bits per heavy atom. The van der Waals surface area contributed by atoms with Crippen molar-refractivity contribution in [3.63, 3.8) is 0 Å². The third-order valence-electron chi connectivity index (χ3n) is 3.00. The van der Waals surface area contributed by atoms with Gasteiger partial charge in [0.25, 0.3) is 5.56 Å². The van der Waals surface area contributed by atoms with Gasteiger partial charge in [-0.15, -0.1) is 0 Å². The van der Waals surface area contributed by atoms with Crippen LogP contribution in [0.15, 0.2) is 11.0 Å². The first kappa shape index (κ1) is 13.4. The monoisotopic (exact) mass is 271 g/mol. The van der Waals surface area contributed by atoms with E-state index in [2.05, 4.69) is 10.4 Å². The van der Waals surface area contributed by atoms with Crippen LogP contribution in [0.1, 0.15) is 26.2 Å². The summed E-state index contributed by atoms with van der Waals surface area (Å²) < 4.78 is 6.69. The average Bonchev–Trinajstić information content (AvgIpc) is 2.40. The van der Waals surface area contributed by atoms with Crippen molar-refractivity contribution in [3.05, 3.63) is 21.6 Å². The van der Waals surface area contributed by atoms with E-state index in [0.29, 0.717) is 18.3 Å². The highest BCUT2D eigenvalue weighted by molar-refractivity contribution is 6.32. The Hall–Kier alpha value is -1.07. The van der Waals surface area contributed by atoms with E-state index in [9.17, 15) is 4.79 Å². The van der Waals surface area contributed by atoms with Crippen molar-refractivity contribution in [2.24, 2.45) is 0 Å². The number of aromatic nitrogens is 2. The lowest BCUT2D eigenvalue weighted by molar-refractivity contribution is 0.0904. The van der Waals surface area contributed by atoms with E-state index >= 15 is 0 Å². The minimum absolute atomic E-state index is 0.226. The van der Waals surface area contributed by atoms with Gasteiger partial charge in [0.15, 0.2) is 0 Å². The van der Waals surface area contributed by atoms with Gasteiger partial charge in [0.05, 0.1) is 11.9 Å². The van der Waals surface area contributed by atoms with Crippen LogP contribution in [0.2, 0.25) is 5.02 Å². The molecular formula is C12H18ClN3O2. The van der Waals surface area contributed by atoms with Crippen LogP contribution >= 0.6 is 11.6 Å². The quantitative estimate of drug-likeness (QED) is 0.909. The van der Waals surface area contributed by atoms with Crippen molar-refractivity contribution in [2.75, 3.05) is 18.5 Å². The summed E-state index contributed by atoms with van der Waals surface area (Å²) in [4.78, 5) is 11.9. The predicted octanol–water partition coefficient (Wildman–Crippen LogP) is 1.90. The number of hydrogen-bond acceptors (Lipinski definition) is 4. The molecule has 1 aromatic rings. The van der Waals surface area contributed by atoms with E-state index in [0.717, 1.165) is 32.5 Å². The fraction of sp³-hybridized carbons (Fsp3) is 0.667. The Morgan fingerprint density at radius 1 is 1.56 bits per heavy atom. The molecule has 18 heavy (non-hydrogen) atoms. The minimum atomic E-state index is -0.226. The van der Waals surface area contributed by atoms with Gasteiger partial charge in [0, 0.05) is 25.8 Å². The molecule has 1 saturated heterocycles. The predicted molar refractivity (Wildman–Crippen MR) is 71.3 cm³/mol. The molecule has 2 rings (SSSR count). The first-order chi connectivity index (χ1) is 8.72. The van der Waals surface area contributed by atoms with Gasteiger partial charge in [-0.1, -0.05) is 18.5 Å². The molecule has 5 nitrogen and oxygen atoms in total. The summed E-state index contributed by atoms with van der Waals surface area (Å²) >= 11 is 6.09. The summed E-state index contributed by atoms with van der Waals surface area (Å²) in [5.41, 5.74) is 0.400. The van der Waals surface area contributed by atoms with E-state index in [1.54, 1.807) is 6.20 Å². The second-order valence-corrected chi connectivity index (χ2v) is 4.81. The Balaban J connectivity index is 2.13. The molecule has 0 aromatic carbocycles. The molecule has 1 aliphatic rings. The SMILES string of the molecule is CCCn1ncc(NC2CCOCC2)c(Cl)c1=O. The van der Waals surface area contributed by atoms with Crippen molar-refractivity contribution in [3.8, 4) is 0 Å². The Kier molecular flexibility index (Phi) is 4.60. The van der Waals surface area contributed by atoms with Crippen molar-refractivity contribution >= 4 is 17.3 Å². The van der Waals surface area contributed by atoms with Crippen LogP contribution in [-0.4, -0.2) is 29.0 Å². The number of ether oxygens (including phenoxy) is 1. The second kappa shape index (κ2) is 6.20. The van der Waals surface area contributed by atoms with E-state index < -0.39 is 0 Å². The fourth-order valence-electron chi connectivity index (χ4n) is 2.00. The van der Waals surface area contributed by atoms with Crippen LogP contribution in [0.4, 0.5) is 5.69 Å². The lowest BCUT2D eigenvalue weighted by Crippen LogP contribution is -2.30. The summed E-state index contributed by atoms with van der Waals surface area (Å²) in [5.74, 6) is 0. The zero-order valence-corrected chi connectivity index (χ0v) is 11.2. The lowest BCUT2D eigenvalue weighted by Gasteiger charge is -2.24. The van der Waals surface area contributed by atoms with Crippen molar-refractivity contribution < 1.29 is 4.74 Å². The van der Waals surface area contributed by atoms with E-state index in [-0.39, 0.29) is 10.6 Å². The van der Waals surface area contributed by atoms with Gasteiger partial charge in [-0.25, -0.2) is 4.68 Å². The topological polar surface area (TPSA) is 56.1 Å². The number of anilines is 1. The molecule has 0 unspecified atom stereocenters. The van der Waals surface area contributed by atoms with Crippen LogP contribution < -0.4 is 10.9 Å². The van der Waals surface area contributed by atoms with E-state index in [4.69, 9.17) is 16.3 Å². The lowest BCUT2D eigenvalue weighted by atomic mass is 10.1. The molecule has 0 saturated carbocycles. The number of nitrogens with zero attached hydrogens (tertiary/aromatic N) is 2. The number of nitrogens with one attached hydrogen (secondary N) is 1. The second-order valence-electron chi connectivity index (χ2n) is 4.43. The molecule has 0 aliphatic carbocycles. The van der Waals surface area contributed by atoms with Crippen LogP contribution in [0.25, 0.3) is 0 Å². The summed E-state index contributed by atoms with van der Waals surface area (Å²) in [5, 5.41) is 7.62. The van der Waals surface area contributed by atoms with Crippen molar-refractivity contribution in [1.82, 2.24) is 9.78 Å². The van der Waals surface area contributed by atoms with Crippen LogP contribution in [0, 0.1) is 0 Å². The molecule has 0 spiro atoms. The molecule has 1 aliphatic heterocycles. The third kappa shape index (κ3) is 3.03. The Bertz CT molecular complexity index is 455. The molecule has 6 heteroatoms. The van der Waals surface area contributed by atoms with Crippen LogP contribution in [0.5, 0.6) is 0 Å². The van der Waals surface area contributed by atoms with Crippen LogP contribution in [-0.2, 0) is 11.3 Å². The molecule has 1 N–H and O–H groups in total. The normalized spacial score (nSPS) is 16.8.